The van der Waals surface area contributed by atoms with Crippen molar-refractivity contribution in [2.45, 2.75) is 33.4 Å². The van der Waals surface area contributed by atoms with Crippen LogP contribution in [0.3, 0.4) is 0 Å². The minimum Gasteiger partial charge on any atom is -0.375 e. The zero-order chi connectivity index (χ0) is 26.2. The predicted molar refractivity (Wildman–Crippen MR) is 162 cm³/mol. The van der Waals surface area contributed by atoms with Gasteiger partial charge in [-0.15, -0.1) is 0 Å². The molecule has 0 spiro atoms. The van der Waals surface area contributed by atoms with Crippen molar-refractivity contribution in [1.29, 1.82) is 0 Å². The molecule has 6 heteroatoms. The molecule has 4 aromatic rings. The largest absolute Gasteiger partial charge is 0.375 e. The highest BCUT2D eigenvalue weighted by Crippen LogP contribution is 2.20. The fraction of sp³-hybridized carbons (Fsp3) is 0.258. The van der Waals surface area contributed by atoms with Crippen molar-refractivity contribution in [3.05, 3.63) is 119 Å². The maximum atomic E-state index is 6.09. The van der Waals surface area contributed by atoms with Gasteiger partial charge in [0.15, 0.2) is 5.11 Å². The van der Waals surface area contributed by atoms with Crippen molar-refractivity contribution < 1.29 is 0 Å². The minimum absolute atomic E-state index is 0.729. The van der Waals surface area contributed by atoms with Crippen LogP contribution in [0.15, 0.2) is 91.1 Å². The Morgan fingerprint density at radius 1 is 0.892 bits per heavy atom. The Morgan fingerprint density at radius 2 is 1.65 bits per heavy atom. The lowest BCUT2D eigenvalue weighted by Gasteiger charge is -2.28. The van der Waals surface area contributed by atoms with Crippen LogP contribution in [0.4, 0.5) is 11.4 Å². The first-order valence-electron chi connectivity index (χ1n) is 12.7. The summed E-state index contributed by atoms with van der Waals surface area (Å²) in [6.07, 6.45) is 3.12. The van der Waals surface area contributed by atoms with Crippen LogP contribution in [-0.2, 0) is 13.1 Å². The van der Waals surface area contributed by atoms with E-state index in [0.717, 1.165) is 48.4 Å². The van der Waals surface area contributed by atoms with E-state index >= 15 is 0 Å². The summed E-state index contributed by atoms with van der Waals surface area (Å²) in [6.45, 7) is 7.58. The number of nitrogens with one attached hydrogen (secondary N) is 1. The van der Waals surface area contributed by atoms with Crippen LogP contribution >= 0.6 is 23.8 Å². The third kappa shape index (κ3) is 7.37. The standard InChI is InChI=1S/C31H35ClN4S/c1-24-10-7-14-30(25(24)2)33-31(37)36(21-9-19-34(3)28-11-5-4-6-12-28)23-29-13-8-20-35(29)22-26-15-17-27(32)18-16-26/h4-8,10-18,20H,9,19,21-23H2,1-3H3,(H,33,37). The summed E-state index contributed by atoms with van der Waals surface area (Å²) in [7, 11) is 2.14. The fourth-order valence-electron chi connectivity index (χ4n) is 4.37. The summed E-state index contributed by atoms with van der Waals surface area (Å²) in [5.41, 5.74) is 7.20. The molecule has 0 saturated carbocycles. The number of benzene rings is 3. The highest BCUT2D eigenvalue weighted by Gasteiger charge is 2.15. The van der Waals surface area contributed by atoms with Crippen LogP contribution in [-0.4, -0.2) is 34.7 Å². The number of thiocarbonyl (C=S) groups is 1. The molecule has 0 bridgehead atoms. The summed E-state index contributed by atoms with van der Waals surface area (Å²) in [5.74, 6) is 0. The lowest BCUT2D eigenvalue weighted by molar-refractivity contribution is 0.399. The number of rotatable bonds is 10. The van der Waals surface area contributed by atoms with Gasteiger partial charge in [0.05, 0.1) is 6.54 Å². The molecule has 0 aliphatic heterocycles. The number of para-hydroxylation sites is 1. The SMILES string of the molecule is Cc1cccc(NC(=S)N(CCCN(C)c2ccccc2)Cc2cccn2Cc2ccc(Cl)cc2)c1C. The second kappa shape index (κ2) is 12.8. The normalized spacial score (nSPS) is 10.8. The van der Waals surface area contributed by atoms with E-state index in [9.17, 15) is 0 Å². The zero-order valence-electron chi connectivity index (χ0n) is 21.8. The third-order valence-corrected chi connectivity index (χ3v) is 7.41. The Hall–Kier alpha value is -3.28. The Labute approximate surface area is 231 Å². The van der Waals surface area contributed by atoms with Crippen molar-refractivity contribution in [2.24, 2.45) is 0 Å². The van der Waals surface area contributed by atoms with Gasteiger partial charge in [-0.1, -0.05) is 54.1 Å². The van der Waals surface area contributed by atoms with Gasteiger partial charge in [-0.25, -0.2) is 0 Å². The molecule has 4 nitrogen and oxygen atoms in total. The summed E-state index contributed by atoms with van der Waals surface area (Å²) >= 11 is 12.1. The highest BCUT2D eigenvalue weighted by atomic mass is 35.5. The van der Waals surface area contributed by atoms with Crippen molar-refractivity contribution >= 4 is 40.3 Å². The second-order valence-corrected chi connectivity index (χ2v) is 10.3. The number of aromatic nitrogens is 1. The Balaban J connectivity index is 1.48. The van der Waals surface area contributed by atoms with Gasteiger partial charge in [-0.2, -0.15) is 0 Å². The lowest BCUT2D eigenvalue weighted by Crippen LogP contribution is -2.37. The first-order chi connectivity index (χ1) is 17.9. The van der Waals surface area contributed by atoms with E-state index in [2.05, 4.69) is 120 Å². The number of nitrogens with zero attached hydrogens (tertiary/aromatic N) is 3. The first kappa shape index (κ1) is 26.8. The van der Waals surface area contributed by atoms with Crippen LogP contribution in [0, 0.1) is 13.8 Å². The fourth-order valence-corrected chi connectivity index (χ4v) is 4.76. The molecule has 3 aromatic carbocycles. The molecular weight excluding hydrogens is 496 g/mol. The van der Waals surface area contributed by atoms with E-state index in [4.69, 9.17) is 23.8 Å². The molecule has 1 N–H and O–H groups in total. The Kier molecular flexibility index (Phi) is 9.26. The van der Waals surface area contributed by atoms with Crippen molar-refractivity contribution in [3.63, 3.8) is 0 Å². The quantitative estimate of drug-likeness (QED) is 0.214. The van der Waals surface area contributed by atoms with Crippen LogP contribution in [0.2, 0.25) is 5.02 Å². The summed E-state index contributed by atoms with van der Waals surface area (Å²) in [6, 6.07) is 29.1. The second-order valence-electron chi connectivity index (χ2n) is 9.46. The number of hydrogen-bond donors (Lipinski definition) is 1. The van der Waals surface area contributed by atoms with Crippen LogP contribution < -0.4 is 10.2 Å². The van der Waals surface area contributed by atoms with E-state index in [1.807, 2.05) is 12.1 Å². The lowest BCUT2D eigenvalue weighted by atomic mass is 10.1. The smallest absolute Gasteiger partial charge is 0.173 e. The van der Waals surface area contributed by atoms with Gasteiger partial charge in [-0.05, 0) is 91.6 Å². The van der Waals surface area contributed by atoms with E-state index in [0.29, 0.717) is 0 Å². The number of anilines is 2. The van der Waals surface area contributed by atoms with E-state index in [1.54, 1.807) is 0 Å². The topological polar surface area (TPSA) is 23.4 Å². The molecule has 37 heavy (non-hydrogen) atoms. The number of aryl methyl sites for hydroxylation is 1. The molecule has 4 rings (SSSR count). The molecule has 0 amide bonds. The van der Waals surface area contributed by atoms with Gasteiger partial charge in [0.25, 0.3) is 0 Å². The monoisotopic (exact) mass is 530 g/mol. The van der Waals surface area contributed by atoms with Gasteiger partial charge in [-0.3, -0.25) is 0 Å². The predicted octanol–water partition coefficient (Wildman–Crippen LogP) is 7.53. The third-order valence-electron chi connectivity index (χ3n) is 6.79. The molecule has 0 atom stereocenters. The summed E-state index contributed by atoms with van der Waals surface area (Å²) < 4.78 is 2.28. The molecule has 1 heterocycles. The van der Waals surface area contributed by atoms with Gasteiger partial charge < -0.3 is 19.7 Å². The van der Waals surface area contributed by atoms with Crippen LogP contribution in [0.25, 0.3) is 0 Å². The minimum atomic E-state index is 0.729. The molecule has 192 valence electrons. The zero-order valence-corrected chi connectivity index (χ0v) is 23.4. The number of halogens is 1. The van der Waals surface area contributed by atoms with Crippen molar-refractivity contribution in [3.8, 4) is 0 Å². The molecule has 1 aromatic heterocycles. The molecular formula is C31H35ClN4S. The highest BCUT2D eigenvalue weighted by molar-refractivity contribution is 7.80. The molecule has 0 radical (unpaired) electrons. The van der Waals surface area contributed by atoms with E-state index < -0.39 is 0 Å². The summed E-state index contributed by atoms with van der Waals surface area (Å²) in [4.78, 5) is 4.58. The first-order valence-corrected chi connectivity index (χ1v) is 13.5. The van der Waals surface area contributed by atoms with Gasteiger partial charge >= 0.3 is 0 Å². The molecule has 0 saturated heterocycles. The molecule has 0 unspecified atom stereocenters. The molecule has 0 aliphatic rings. The van der Waals surface area contributed by atoms with Crippen molar-refractivity contribution in [1.82, 2.24) is 9.47 Å². The maximum absolute atomic E-state index is 6.09. The molecule has 0 fully saturated rings. The molecule has 0 aliphatic carbocycles. The average Bonchev–Trinajstić information content (AvgIpc) is 3.34. The van der Waals surface area contributed by atoms with E-state index in [1.165, 1.54) is 28.1 Å². The van der Waals surface area contributed by atoms with Crippen LogP contribution in [0.5, 0.6) is 0 Å². The van der Waals surface area contributed by atoms with Gasteiger partial charge in [0.2, 0.25) is 0 Å². The Bertz CT molecular complexity index is 1300. The van der Waals surface area contributed by atoms with Gasteiger partial charge in [0, 0.05) is 55.0 Å². The average molecular weight is 531 g/mol. The summed E-state index contributed by atoms with van der Waals surface area (Å²) in [5, 5.41) is 5.03. The maximum Gasteiger partial charge on any atom is 0.173 e. The van der Waals surface area contributed by atoms with Gasteiger partial charge in [0.1, 0.15) is 0 Å². The van der Waals surface area contributed by atoms with Crippen molar-refractivity contribution in [2.75, 3.05) is 30.4 Å². The van der Waals surface area contributed by atoms with Crippen LogP contribution in [0.1, 0.15) is 28.8 Å². The Morgan fingerprint density at radius 3 is 2.41 bits per heavy atom. The number of hydrogen-bond acceptors (Lipinski definition) is 2. The van der Waals surface area contributed by atoms with E-state index in [-0.39, 0.29) is 0 Å².